The van der Waals surface area contributed by atoms with Crippen LogP contribution < -0.4 is 4.90 Å². The molecule has 2 aromatic rings. The highest BCUT2D eigenvalue weighted by Gasteiger charge is 2.27. The minimum absolute atomic E-state index is 0.106. The van der Waals surface area contributed by atoms with Gasteiger partial charge in [-0.15, -0.1) is 0 Å². The second-order valence-corrected chi connectivity index (χ2v) is 6.38. The first-order valence-corrected chi connectivity index (χ1v) is 8.69. The highest BCUT2D eigenvalue weighted by molar-refractivity contribution is 5.38. The minimum atomic E-state index is 0.106. The third-order valence-electron chi connectivity index (χ3n) is 4.76. The van der Waals surface area contributed by atoms with Gasteiger partial charge in [0.1, 0.15) is 11.6 Å². The van der Waals surface area contributed by atoms with Crippen molar-refractivity contribution in [2.45, 2.75) is 25.4 Å². The van der Waals surface area contributed by atoms with Gasteiger partial charge in [0.25, 0.3) is 0 Å². The molecule has 2 fully saturated rings. The van der Waals surface area contributed by atoms with E-state index in [0.29, 0.717) is 6.61 Å². The van der Waals surface area contributed by atoms with Crippen LogP contribution in [-0.4, -0.2) is 52.7 Å². The maximum absolute atomic E-state index is 5.72. The maximum Gasteiger partial charge on any atom is 0.150 e. The van der Waals surface area contributed by atoms with E-state index in [2.05, 4.69) is 31.9 Å². The molecule has 126 valence electrons. The number of anilines is 1. The van der Waals surface area contributed by atoms with E-state index in [1.165, 1.54) is 18.4 Å². The lowest BCUT2D eigenvalue weighted by Gasteiger charge is -2.34. The molecule has 2 saturated heterocycles. The molecule has 6 heteroatoms. The normalized spacial score (nSPS) is 22.0. The van der Waals surface area contributed by atoms with Crippen LogP contribution in [0, 0.1) is 0 Å². The van der Waals surface area contributed by atoms with E-state index in [-0.39, 0.29) is 6.04 Å². The van der Waals surface area contributed by atoms with Crippen LogP contribution in [0.5, 0.6) is 0 Å². The van der Waals surface area contributed by atoms with E-state index < -0.39 is 0 Å². The summed E-state index contributed by atoms with van der Waals surface area (Å²) in [5, 5.41) is 0. The van der Waals surface area contributed by atoms with Crippen molar-refractivity contribution >= 4 is 5.82 Å². The Labute approximate surface area is 142 Å². The first-order valence-electron chi connectivity index (χ1n) is 8.69. The van der Waals surface area contributed by atoms with Gasteiger partial charge in [-0.05, 0) is 36.6 Å². The summed E-state index contributed by atoms with van der Waals surface area (Å²) in [6.07, 6.45) is 8.07. The summed E-state index contributed by atoms with van der Waals surface area (Å²) in [7, 11) is 0. The van der Waals surface area contributed by atoms with Crippen molar-refractivity contribution in [2.75, 3.05) is 37.7 Å². The van der Waals surface area contributed by atoms with Crippen molar-refractivity contribution in [3.63, 3.8) is 0 Å². The molecule has 0 unspecified atom stereocenters. The summed E-state index contributed by atoms with van der Waals surface area (Å²) < 4.78 is 5.72. The van der Waals surface area contributed by atoms with Gasteiger partial charge in [0.05, 0.1) is 19.3 Å². The number of hydrogen-bond acceptors (Lipinski definition) is 6. The van der Waals surface area contributed by atoms with Crippen molar-refractivity contribution in [2.24, 2.45) is 0 Å². The zero-order valence-corrected chi connectivity index (χ0v) is 13.8. The number of rotatable bonds is 4. The van der Waals surface area contributed by atoms with Gasteiger partial charge in [0.2, 0.25) is 0 Å². The molecular weight excluding hydrogens is 302 g/mol. The summed E-state index contributed by atoms with van der Waals surface area (Å²) >= 11 is 0. The molecule has 2 aromatic heterocycles. The molecule has 4 rings (SSSR count). The zero-order chi connectivity index (χ0) is 16.2. The Morgan fingerprint density at radius 2 is 1.88 bits per heavy atom. The molecule has 1 atom stereocenters. The van der Waals surface area contributed by atoms with Gasteiger partial charge in [-0.3, -0.25) is 9.88 Å². The predicted molar refractivity (Wildman–Crippen MR) is 91.7 cm³/mol. The SMILES string of the molecule is c1cc(CN2CCOC[C@H]2c2nccc(N3CCCC3)n2)ccn1. The molecule has 2 aliphatic rings. The smallest absolute Gasteiger partial charge is 0.150 e. The number of morpholine rings is 1. The van der Waals surface area contributed by atoms with E-state index in [1.807, 2.05) is 24.7 Å². The highest BCUT2D eigenvalue weighted by Crippen LogP contribution is 2.25. The Morgan fingerprint density at radius 1 is 1.04 bits per heavy atom. The standard InChI is InChI=1S/C18H23N5O/c1-2-10-22(9-1)17-5-8-20-18(21-17)16-14-24-12-11-23(16)13-15-3-6-19-7-4-15/h3-8,16H,1-2,9-14H2/t16-/m0/s1. The van der Waals surface area contributed by atoms with E-state index >= 15 is 0 Å². The molecule has 4 heterocycles. The predicted octanol–water partition coefficient (Wildman–Crippen LogP) is 2.05. The second-order valence-electron chi connectivity index (χ2n) is 6.38. The van der Waals surface area contributed by atoms with Crippen molar-refractivity contribution in [3.8, 4) is 0 Å². The third kappa shape index (κ3) is 3.39. The molecule has 0 spiro atoms. The van der Waals surface area contributed by atoms with Crippen LogP contribution in [0.1, 0.15) is 30.3 Å². The van der Waals surface area contributed by atoms with Gasteiger partial charge in [-0.25, -0.2) is 9.97 Å². The summed E-state index contributed by atoms with van der Waals surface area (Å²) in [5.74, 6) is 1.92. The topological polar surface area (TPSA) is 54.4 Å². The minimum Gasteiger partial charge on any atom is -0.378 e. The Hall–Kier alpha value is -2.05. The van der Waals surface area contributed by atoms with Crippen LogP contribution in [0.25, 0.3) is 0 Å². The number of nitrogens with zero attached hydrogens (tertiary/aromatic N) is 5. The van der Waals surface area contributed by atoms with Crippen molar-refractivity contribution in [1.29, 1.82) is 0 Å². The van der Waals surface area contributed by atoms with Crippen LogP contribution in [0.4, 0.5) is 5.82 Å². The summed E-state index contributed by atoms with van der Waals surface area (Å²) in [4.78, 5) is 18.3. The molecule has 0 radical (unpaired) electrons. The van der Waals surface area contributed by atoms with Crippen molar-refractivity contribution in [3.05, 3.63) is 48.2 Å². The molecule has 0 aliphatic carbocycles. The van der Waals surface area contributed by atoms with Crippen LogP contribution in [0.3, 0.4) is 0 Å². The zero-order valence-electron chi connectivity index (χ0n) is 13.8. The number of aromatic nitrogens is 3. The van der Waals surface area contributed by atoms with Crippen LogP contribution in [-0.2, 0) is 11.3 Å². The number of pyridine rings is 1. The first-order chi connectivity index (χ1) is 11.9. The molecule has 2 aliphatic heterocycles. The van der Waals surface area contributed by atoms with Crippen molar-refractivity contribution in [1.82, 2.24) is 19.9 Å². The molecule has 0 bridgehead atoms. The lowest BCUT2D eigenvalue weighted by Crippen LogP contribution is -2.40. The monoisotopic (exact) mass is 325 g/mol. The Bertz CT molecular complexity index is 659. The molecule has 24 heavy (non-hydrogen) atoms. The summed E-state index contributed by atoms with van der Waals surface area (Å²) in [6.45, 7) is 5.36. The van der Waals surface area contributed by atoms with Crippen molar-refractivity contribution < 1.29 is 4.74 Å². The molecular formula is C18H23N5O. The molecule has 0 saturated carbocycles. The fourth-order valence-corrected chi connectivity index (χ4v) is 3.43. The van der Waals surface area contributed by atoms with Gasteiger partial charge in [0.15, 0.2) is 0 Å². The summed E-state index contributed by atoms with van der Waals surface area (Å²) in [5.41, 5.74) is 1.26. The van der Waals surface area contributed by atoms with E-state index in [4.69, 9.17) is 9.72 Å². The molecule has 0 amide bonds. The van der Waals surface area contributed by atoms with Gasteiger partial charge in [0, 0.05) is 44.8 Å². The van der Waals surface area contributed by atoms with Crippen LogP contribution >= 0.6 is 0 Å². The van der Waals surface area contributed by atoms with Gasteiger partial charge in [-0.2, -0.15) is 0 Å². The highest BCUT2D eigenvalue weighted by atomic mass is 16.5. The number of ether oxygens (including phenoxy) is 1. The fourth-order valence-electron chi connectivity index (χ4n) is 3.43. The Morgan fingerprint density at radius 3 is 2.71 bits per heavy atom. The average Bonchev–Trinajstić information content (AvgIpc) is 3.18. The van der Waals surface area contributed by atoms with Gasteiger partial charge < -0.3 is 9.64 Å². The van der Waals surface area contributed by atoms with E-state index in [0.717, 1.165) is 44.4 Å². The molecule has 0 N–H and O–H groups in total. The lowest BCUT2D eigenvalue weighted by atomic mass is 10.1. The lowest BCUT2D eigenvalue weighted by molar-refractivity contribution is -0.0159. The first kappa shape index (κ1) is 15.5. The third-order valence-corrected chi connectivity index (χ3v) is 4.76. The maximum atomic E-state index is 5.72. The Kier molecular flexibility index (Phi) is 4.66. The summed E-state index contributed by atoms with van der Waals surface area (Å²) in [6, 6.07) is 6.25. The quantitative estimate of drug-likeness (QED) is 0.857. The van der Waals surface area contributed by atoms with Crippen LogP contribution in [0.2, 0.25) is 0 Å². The molecule has 0 aromatic carbocycles. The fraction of sp³-hybridized carbons (Fsp3) is 0.500. The molecule has 6 nitrogen and oxygen atoms in total. The van der Waals surface area contributed by atoms with E-state index in [1.54, 1.807) is 0 Å². The van der Waals surface area contributed by atoms with Crippen LogP contribution in [0.15, 0.2) is 36.8 Å². The van der Waals surface area contributed by atoms with Gasteiger partial charge in [-0.1, -0.05) is 0 Å². The van der Waals surface area contributed by atoms with E-state index in [9.17, 15) is 0 Å². The number of hydrogen-bond donors (Lipinski definition) is 0. The second kappa shape index (κ2) is 7.23. The average molecular weight is 325 g/mol. The largest absolute Gasteiger partial charge is 0.378 e. The Balaban J connectivity index is 1.55. The van der Waals surface area contributed by atoms with Gasteiger partial charge >= 0.3 is 0 Å².